The van der Waals surface area contributed by atoms with Gasteiger partial charge in [0, 0.05) is 0 Å². The maximum Gasteiger partial charge on any atom is 0.190 e. The van der Waals surface area contributed by atoms with Crippen LogP contribution in [-0.2, 0) is 0 Å². The molecule has 0 heterocycles. The summed E-state index contributed by atoms with van der Waals surface area (Å²) in [7, 11) is 0. The molecule has 27 valence electrons. The van der Waals surface area contributed by atoms with Crippen molar-refractivity contribution in [2.45, 2.75) is 6.92 Å². The highest BCUT2D eigenvalue weighted by Gasteiger charge is 1.83. The van der Waals surface area contributed by atoms with Gasteiger partial charge in [-0.1, -0.05) is 0 Å². The fourth-order valence-corrected chi connectivity index (χ4v) is 0. The van der Waals surface area contributed by atoms with E-state index in [1.54, 1.807) is 0 Å². The monoisotopic (exact) mass is 70.0 g/mol. The predicted molar refractivity (Wildman–Crippen MR) is 16.5 cm³/mol. The van der Waals surface area contributed by atoms with Crippen LogP contribution in [0.5, 0.6) is 0 Å². The molecule has 0 saturated heterocycles. The minimum Gasteiger partial charge on any atom is -0.372 e. The molecule has 0 aromatic rings. The lowest BCUT2D eigenvalue weighted by atomic mass is 10.5. The van der Waals surface area contributed by atoms with Crippen molar-refractivity contribution in [1.29, 1.82) is 5.26 Å². The number of nitriles is 1. The van der Waals surface area contributed by atoms with Gasteiger partial charge in [0.15, 0.2) is 6.10 Å². The lowest BCUT2D eigenvalue weighted by Crippen LogP contribution is -1.76. The molecule has 2 nitrogen and oxygen atoms in total. The molecule has 0 spiro atoms. The molecule has 0 atom stereocenters. The van der Waals surface area contributed by atoms with Crippen molar-refractivity contribution in [1.82, 2.24) is 0 Å². The molecule has 0 bridgehead atoms. The summed E-state index contributed by atoms with van der Waals surface area (Å²) in [5.74, 6) is 0. The summed E-state index contributed by atoms with van der Waals surface area (Å²) in [6.45, 7) is 1.33. The highest BCUT2D eigenvalue weighted by molar-refractivity contribution is 4.95. The predicted octanol–water partition coefficient (Wildman–Crippen LogP) is 0.434. The second-order valence-corrected chi connectivity index (χ2v) is 0.697. The van der Waals surface area contributed by atoms with E-state index < -0.39 is 0 Å². The quantitative estimate of drug-likeness (QED) is 0.420. The smallest absolute Gasteiger partial charge is 0.190 e. The Kier molecular flexibility index (Phi) is 1.55. The van der Waals surface area contributed by atoms with E-state index in [-0.39, 0.29) is 6.10 Å². The molecule has 1 N–H and O–H groups in total. The summed E-state index contributed by atoms with van der Waals surface area (Å²) >= 11 is 0. The van der Waals surface area contributed by atoms with Gasteiger partial charge in [-0.3, -0.25) is 0 Å². The molecule has 0 fully saturated rings. The Morgan fingerprint density at radius 2 is 2.20 bits per heavy atom. The zero-order chi connectivity index (χ0) is 4.28. The molecule has 0 aliphatic rings. The van der Waals surface area contributed by atoms with Gasteiger partial charge < -0.3 is 5.11 Å². The van der Waals surface area contributed by atoms with E-state index in [0.717, 1.165) is 0 Å². The second-order valence-electron chi connectivity index (χ2n) is 0.697. The van der Waals surface area contributed by atoms with Gasteiger partial charge in [-0.2, -0.15) is 5.26 Å². The van der Waals surface area contributed by atoms with Crippen LogP contribution in [0.4, 0.5) is 0 Å². The van der Waals surface area contributed by atoms with Gasteiger partial charge in [0.1, 0.15) is 6.07 Å². The molecule has 0 aromatic carbocycles. The number of hydrogen-bond donors (Lipinski definition) is 1. The largest absolute Gasteiger partial charge is 0.372 e. The SMILES string of the molecule is C[C](O)C#N. The Morgan fingerprint density at radius 3 is 2.20 bits per heavy atom. The van der Waals surface area contributed by atoms with Crippen molar-refractivity contribution in [3.63, 3.8) is 0 Å². The number of hydrogen-bond acceptors (Lipinski definition) is 2. The van der Waals surface area contributed by atoms with Crippen molar-refractivity contribution < 1.29 is 5.11 Å². The van der Waals surface area contributed by atoms with Gasteiger partial charge in [0.05, 0.1) is 0 Å². The molecule has 0 amide bonds. The first-order valence-corrected chi connectivity index (χ1v) is 1.20. The van der Waals surface area contributed by atoms with Gasteiger partial charge in [-0.15, -0.1) is 0 Å². The van der Waals surface area contributed by atoms with E-state index in [9.17, 15) is 0 Å². The van der Waals surface area contributed by atoms with Gasteiger partial charge in [-0.25, -0.2) is 0 Å². The second kappa shape index (κ2) is 1.74. The van der Waals surface area contributed by atoms with Crippen LogP contribution in [0.3, 0.4) is 0 Å². The van der Waals surface area contributed by atoms with E-state index in [2.05, 4.69) is 0 Å². The first kappa shape index (κ1) is 4.45. The molecule has 0 saturated carbocycles. The summed E-state index contributed by atoms with van der Waals surface area (Å²) < 4.78 is 0. The van der Waals surface area contributed by atoms with E-state index in [1.165, 1.54) is 13.0 Å². The molecule has 1 radical (unpaired) electrons. The fourth-order valence-electron chi connectivity index (χ4n) is 0. The molecular formula is C3H4NO. The van der Waals surface area contributed by atoms with E-state index in [4.69, 9.17) is 10.4 Å². The summed E-state index contributed by atoms with van der Waals surface area (Å²) in [4.78, 5) is 0. The van der Waals surface area contributed by atoms with Crippen molar-refractivity contribution >= 4 is 0 Å². The number of nitrogens with zero attached hydrogens (tertiary/aromatic N) is 1. The number of aliphatic hydroxyl groups excluding tert-OH is 1. The van der Waals surface area contributed by atoms with Crippen LogP contribution in [-0.4, -0.2) is 5.11 Å². The summed E-state index contributed by atoms with van der Waals surface area (Å²) in [6, 6.07) is 1.50. The zero-order valence-corrected chi connectivity index (χ0v) is 2.89. The molecular weight excluding hydrogens is 66.0 g/mol. The average molecular weight is 70.1 g/mol. The molecule has 5 heavy (non-hydrogen) atoms. The summed E-state index contributed by atoms with van der Waals surface area (Å²) in [5, 5.41) is 15.5. The molecule has 0 aromatic heterocycles. The third-order valence-electron chi connectivity index (χ3n) is 0.162. The van der Waals surface area contributed by atoms with Crippen molar-refractivity contribution in [3.8, 4) is 6.07 Å². The van der Waals surface area contributed by atoms with Crippen LogP contribution in [0.25, 0.3) is 0 Å². The fraction of sp³-hybridized carbons (Fsp3) is 0.333. The summed E-state index contributed by atoms with van der Waals surface area (Å²) in [5.41, 5.74) is 0. The van der Waals surface area contributed by atoms with E-state index >= 15 is 0 Å². The lowest BCUT2D eigenvalue weighted by Gasteiger charge is -1.74. The van der Waals surface area contributed by atoms with Crippen LogP contribution < -0.4 is 0 Å². The molecule has 0 aliphatic carbocycles. The lowest BCUT2D eigenvalue weighted by molar-refractivity contribution is 0.353. The first-order valence-electron chi connectivity index (χ1n) is 1.20. The van der Waals surface area contributed by atoms with Crippen LogP contribution in [0.15, 0.2) is 0 Å². The van der Waals surface area contributed by atoms with Crippen LogP contribution in [0.2, 0.25) is 0 Å². The third kappa shape index (κ3) is 3.45. The highest BCUT2D eigenvalue weighted by atomic mass is 16.3. The maximum atomic E-state index is 7.92. The minimum absolute atomic E-state index is 0.190. The topological polar surface area (TPSA) is 44.0 Å². The van der Waals surface area contributed by atoms with E-state index in [1.807, 2.05) is 0 Å². The zero-order valence-electron chi connectivity index (χ0n) is 2.89. The van der Waals surface area contributed by atoms with Crippen LogP contribution in [0, 0.1) is 17.4 Å². The van der Waals surface area contributed by atoms with Crippen LogP contribution >= 0.6 is 0 Å². The van der Waals surface area contributed by atoms with Gasteiger partial charge in [0.2, 0.25) is 0 Å². The Morgan fingerprint density at radius 1 is 2.00 bits per heavy atom. The Balaban J connectivity index is 2.94. The number of aliphatic hydroxyl groups is 1. The first-order chi connectivity index (χ1) is 2.27. The highest BCUT2D eigenvalue weighted by Crippen LogP contribution is 1.79. The Bertz CT molecular complexity index is 52.4. The van der Waals surface area contributed by atoms with Gasteiger partial charge >= 0.3 is 0 Å². The van der Waals surface area contributed by atoms with Crippen molar-refractivity contribution in [2.75, 3.05) is 0 Å². The molecule has 0 aliphatic heterocycles. The molecule has 2 heteroatoms. The van der Waals surface area contributed by atoms with Gasteiger partial charge in [-0.05, 0) is 6.92 Å². The van der Waals surface area contributed by atoms with Crippen LogP contribution in [0.1, 0.15) is 6.92 Å². The molecule has 0 unspecified atom stereocenters. The van der Waals surface area contributed by atoms with E-state index in [0.29, 0.717) is 0 Å². The standard InChI is InChI=1S/C3H4NO/c1-3(5)2-4/h5H,1H3. The normalized spacial score (nSPS) is 7.60. The average Bonchev–Trinajstić information content (AvgIpc) is 1.38. The van der Waals surface area contributed by atoms with Crippen molar-refractivity contribution in [3.05, 3.63) is 6.10 Å². The summed E-state index contributed by atoms with van der Waals surface area (Å²) in [6.07, 6.45) is -0.190. The van der Waals surface area contributed by atoms with Gasteiger partial charge in [0.25, 0.3) is 0 Å². The van der Waals surface area contributed by atoms with Crippen molar-refractivity contribution in [2.24, 2.45) is 0 Å². The Labute approximate surface area is 30.7 Å². The number of rotatable bonds is 0. The Hall–Kier alpha value is -0.550. The molecule has 0 rings (SSSR count). The maximum absolute atomic E-state index is 7.92. The third-order valence-corrected chi connectivity index (χ3v) is 0.162. The minimum atomic E-state index is -0.190.